The summed E-state index contributed by atoms with van der Waals surface area (Å²) in [7, 11) is 0. The van der Waals surface area contributed by atoms with Crippen molar-refractivity contribution >= 4 is 28.4 Å². The number of fused-ring (bicyclic) bond motifs is 1. The molecule has 8 heteroatoms. The maximum atomic E-state index is 11.5. The Hall–Kier alpha value is -3.86. The summed E-state index contributed by atoms with van der Waals surface area (Å²) in [6, 6.07) is 10.8. The Morgan fingerprint density at radius 1 is 1.28 bits per heavy atom. The highest BCUT2D eigenvalue weighted by Gasteiger charge is 2.22. The minimum Gasteiger partial charge on any atom is -0.490 e. The summed E-state index contributed by atoms with van der Waals surface area (Å²) in [6.07, 6.45) is 1.54. The average molecular weight is 392 g/mol. The maximum Gasteiger partial charge on any atom is 0.315 e. The molecule has 0 radical (unpaired) electrons. The quantitative estimate of drug-likeness (QED) is 0.356. The molecule has 0 aliphatic carbocycles. The van der Waals surface area contributed by atoms with E-state index in [-0.39, 0.29) is 29.4 Å². The van der Waals surface area contributed by atoms with Crippen molar-refractivity contribution < 1.29 is 14.4 Å². The molecule has 1 N–H and O–H groups in total. The number of aryl methyl sites for hydroxylation is 1. The van der Waals surface area contributed by atoms with Gasteiger partial charge in [0.2, 0.25) is 5.75 Å². The lowest BCUT2D eigenvalue weighted by Crippen LogP contribution is -2.02. The second kappa shape index (κ2) is 8.44. The normalized spacial score (nSPS) is 11.3. The van der Waals surface area contributed by atoms with Gasteiger partial charge in [-0.15, -0.1) is 0 Å². The lowest BCUT2D eigenvalue weighted by Gasteiger charge is -2.12. The van der Waals surface area contributed by atoms with E-state index in [4.69, 9.17) is 9.47 Å². The number of nitro benzene ring substituents is 1. The number of rotatable bonds is 7. The summed E-state index contributed by atoms with van der Waals surface area (Å²) >= 11 is 0. The lowest BCUT2D eigenvalue weighted by atomic mass is 10.1. The molecule has 0 unspecified atom stereocenters. The van der Waals surface area contributed by atoms with Gasteiger partial charge in [-0.25, -0.2) is 4.98 Å². The van der Waals surface area contributed by atoms with E-state index in [1.54, 1.807) is 19.9 Å². The van der Waals surface area contributed by atoms with Crippen LogP contribution in [0.3, 0.4) is 0 Å². The van der Waals surface area contributed by atoms with Crippen LogP contribution in [0.2, 0.25) is 0 Å². The average Bonchev–Trinajstić information content (AvgIpc) is 3.10. The summed E-state index contributed by atoms with van der Waals surface area (Å²) in [6.45, 7) is 6.07. The number of ether oxygens (including phenoxy) is 2. The third kappa shape index (κ3) is 4.19. The molecule has 29 heavy (non-hydrogen) atoms. The van der Waals surface area contributed by atoms with Gasteiger partial charge in [-0.05, 0) is 56.2 Å². The fourth-order valence-corrected chi connectivity index (χ4v) is 2.95. The predicted molar refractivity (Wildman–Crippen MR) is 110 cm³/mol. The van der Waals surface area contributed by atoms with E-state index in [1.165, 1.54) is 12.1 Å². The van der Waals surface area contributed by atoms with Crippen LogP contribution in [-0.4, -0.2) is 28.1 Å². The molecule has 0 saturated carbocycles. The fourth-order valence-electron chi connectivity index (χ4n) is 2.95. The predicted octanol–water partition coefficient (Wildman–Crippen LogP) is 4.64. The number of allylic oxidation sites excluding steroid dienone is 1. The first-order valence-electron chi connectivity index (χ1n) is 9.13. The number of nitro groups is 1. The van der Waals surface area contributed by atoms with Crippen LogP contribution >= 0.6 is 0 Å². The Bertz CT molecular complexity index is 1140. The Morgan fingerprint density at radius 2 is 2.03 bits per heavy atom. The lowest BCUT2D eigenvalue weighted by molar-refractivity contribution is -0.386. The zero-order valence-electron chi connectivity index (χ0n) is 16.4. The molecule has 0 aliphatic rings. The fraction of sp³-hybridized carbons (Fsp3) is 0.238. The number of hydrogen-bond donors (Lipinski definition) is 1. The summed E-state index contributed by atoms with van der Waals surface area (Å²) < 4.78 is 11.0. The zero-order valence-corrected chi connectivity index (χ0v) is 16.4. The number of hydrogen-bond acceptors (Lipinski definition) is 6. The number of benzene rings is 2. The third-order valence-corrected chi connectivity index (χ3v) is 4.17. The molecule has 1 aromatic heterocycles. The van der Waals surface area contributed by atoms with Crippen LogP contribution in [0.25, 0.3) is 22.7 Å². The summed E-state index contributed by atoms with van der Waals surface area (Å²) in [4.78, 5) is 18.6. The van der Waals surface area contributed by atoms with Crippen LogP contribution in [0, 0.1) is 28.4 Å². The van der Waals surface area contributed by atoms with E-state index < -0.39 is 4.92 Å². The van der Waals surface area contributed by atoms with Crippen LogP contribution < -0.4 is 9.47 Å². The second-order valence-corrected chi connectivity index (χ2v) is 6.27. The van der Waals surface area contributed by atoms with E-state index in [0.717, 1.165) is 16.6 Å². The van der Waals surface area contributed by atoms with Crippen molar-refractivity contribution in [1.29, 1.82) is 5.26 Å². The van der Waals surface area contributed by atoms with Crippen molar-refractivity contribution in [2.24, 2.45) is 0 Å². The number of imidazole rings is 1. The van der Waals surface area contributed by atoms with E-state index in [1.807, 2.05) is 25.1 Å². The highest BCUT2D eigenvalue weighted by molar-refractivity contribution is 5.91. The zero-order chi connectivity index (χ0) is 21.0. The molecule has 0 fully saturated rings. The van der Waals surface area contributed by atoms with Crippen molar-refractivity contribution in [3.05, 3.63) is 57.4 Å². The van der Waals surface area contributed by atoms with E-state index >= 15 is 0 Å². The molecule has 3 rings (SSSR count). The topological polar surface area (TPSA) is 114 Å². The van der Waals surface area contributed by atoms with Gasteiger partial charge >= 0.3 is 5.69 Å². The van der Waals surface area contributed by atoms with Gasteiger partial charge < -0.3 is 14.5 Å². The smallest absolute Gasteiger partial charge is 0.315 e. The number of aromatic nitrogens is 2. The summed E-state index contributed by atoms with van der Waals surface area (Å²) in [5, 5.41) is 21.2. The molecular weight excluding hydrogens is 372 g/mol. The minimum atomic E-state index is -0.527. The Balaban J connectivity index is 2.12. The van der Waals surface area contributed by atoms with Gasteiger partial charge in [0.15, 0.2) is 5.75 Å². The van der Waals surface area contributed by atoms with Crippen LogP contribution in [0.4, 0.5) is 5.69 Å². The number of aromatic amines is 1. The Kier molecular flexibility index (Phi) is 5.79. The highest BCUT2D eigenvalue weighted by atomic mass is 16.6. The van der Waals surface area contributed by atoms with Gasteiger partial charge in [0.05, 0.1) is 34.7 Å². The number of nitrogens with zero attached hydrogens (tertiary/aromatic N) is 3. The monoisotopic (exact) mass is 392 g/mol. The molecule has 0 amide bonds. The van der Waals surface area contributed by atoms with E-state index in [0.29, 0.717) is 18.0 Å². The molecule has 0 saturated heterocycles. The van der Waals surface area contributed by atoms with E-state index in [9.17, 15) is 15.4 Å². The van der Waals surface area contributed by atoms with Gasteiger partial charge in [-0.1, -0.05) is 6.07 Å². The molecule has 148 valence electrons. The molecule has 1 heterocycles. The Morgan fingerprint density at radius 3 is 2.69 bits per heavy atom. The largest absolute Gasteiger partial charge is 0.490 e. The van der Waals surface area contributed by atoms with Crippen molar-refractivity contribution in [3.63, 3.8) is 0 Å². The van der Waals surface area contributed by atoms with Crippen molar-refractivity contribution in [1.82, 2.24) is 9.97 Å². The second-order valence-electron chi connectivity index (χ2n) is 6.27. The molecule has 0 bridgehead atoms. The highest BCUT2D eigenvalue weighted by Crippen LogP contribution is 2.39. The molecule has 2 aromatic carbocycles. The van der Waals surface area contributed by atoms with Crippen LogP contribution in [0.1, 0.15) is 30.8 Å². The van der Waals surface area contributed by atoms with Crippen LogP contribution in [0.15, 0.2) is 30.3 Å². The molecule has 0 spiro atoms. The summed E-state index contributed by atoms with van der Waals surface area (Å²) in [5.74, 6) is 0.726. The molecule has 0 atom stereocenters. The van der Waals surface area contributed by atoms with Crippen molar-refractivity contribution in [2.45, 2.75) is 20.8 Å². The number of nitriles is 1. The standard InChI is InChI=1S/C21H20N4O4/c1-4-28-19-11-14(10-18(25(26)27)20(19)29-5-2)9-15(12-22)21-23-16-7-6-13(3)8-17(16)24-21/h6-11H,4-5H2,1-3H3,(H,23,24)/b15-9+. The van der Waals surface area contributed by atoms with Crippen molar-refractivity contribution in [2.75, 3.05) is 13.2 Å². The maximum absolute atomic E-state index is 11.5. The van der Waals surface area contributed by atoms with Gasteiger partial charge in [0.25, 0.3) is 0 Å². The number of H-pyrrole nitrogens is 1. The molecule has 8 nitrogen and oxygen atoms in total. The van der Waals surface area contributed by atoms with Crippen LogP contribution in [-0.2, 0) is 0 Å². The first-order valence-corrected chi connectivity index (χ1v) is 9.13. The molecular formula is C21H20N4O4. The summed E-state index contributed by atoms with van der Waals surface area (Å²) in [5.41, 5.74) is 3.09. The third-order valence-electron chi connectivity index (χ3n) is 4.17. The Labute approximate surface area is 167 Å². The van der Waals surface area contributed by atoms with Gasteiger partial charge in [-0.3, -0.25) is 10.1 Å². The first kappa shape index (κ1) is 19.9. The van der Waals surface area contributed by atoms with Crippen LogP contribution in [0.5, 0.6) is 11.5 Å². The van der Waals surface area contributed by atoms with Gasteiger partial charge in [0.1, 0.15) is 11.9 Å². The van der Waals surface area contributed by atoms with Gasteiger partial charge in [0, 0.05) is 6.07 Å². The van der Waals surface area contributed by atoms with E-state index in [2.05, 4.69) is 16.0 Å². The SMILES string of the molecule is CCOc1cc(/C=C(\C#N)c2nc3ccc(C)cc3[nH]2)cc([N+](=O)[O-])c1OCC. The molecule has 3 aromatic rings. The van der Waals surface area contributed by atoms with Crippen molar-refractivity contribution in [3.8, 4) is 17.6 Å². The van der Waals surface area contributed by atoms with Gasteiger partial charge in [-0.2, -0.15) is 5.26 Å². The number of nitrogens with one attached hydrogen (secondary N) is 1. The molecule has 0 aliphatic heterocycles. The minimum absolute atomic E-state index is 0.0780. The first-order chi connectivity index (χ1) is 14.0.